The predicted molar refractivity (Wildman–Crippen MR) is 84.7 cm³/mol. The highest BCUT2D eigenvalue weighted by Gasteiger charge is 2.36. The molecule has 2 bridgehead atoms. The zero-order valence-electron chi connectivity index (χ0n) is 12.1. The van der Waals surface area contributed by atoms with Crippen LogP contribution in [0.25, 0.3) is 0 Å². The maximum Gasteiger partial charge on any atom is 0.339 e. The molecule has 2 fully saturated rings. The van der Waals surface area contributed by atoms with Crippen molar-refractivity contribution in [1.29, 1.82) is 0 Å². The Morgan fingerprint density at radius 2 is 2.10 bits per heavy atom. The van der Waals surface area contributed by atoms with Gasteiger partial charge in [-0.15, -0.1) is 0 Å². The van der Waals surface area contributed by atoms with Crippen LogP contribution in [0.15, 0.2) is 16.7 Å². The molecule has 0 amide bonds. The number of nitrogens with zero attached hydrogens (tertiary/aromatic N) is 2. The van der Waals surface area contributed by atoms with Crippen molar-refractivity contribution in [3.8, 4) is 0 Å². The summed E-state index contributed by atoms with van der Waals surface area (Å²) >= 11 is 3.28. The van der Waals surface area contributed by atoms with E-state index in [2.05, 4.69) is 38.2 Å². The lowest BCUT2D eigenvalue weighted by Crippen LogP contribution is -2.52. The fourth-order valence-electron chi connectivity index (χ4n) is 3.64. The molecule has 2 N–H and O–H groups in total. The first-order chi connectivity index (χ1) is 10.0. The number of fused-ring (bicyclic) bond motifs is 2. The Bertz CT molecular complexity index is 538. The molecular weight excluding hydrogens is 334 g/mol. The summed E-state index contributed by atoms with van der Waals surface area (Å²) < 4.78 is 0.686. The van der Waals surface area contributed by atoms with Gasteiger partial charge < -0.3 is 15.3 Å². The van der Waals surface area contributed by atoms with Crippen molar-refractivity contribution in [1.82, 2.24) is 9.88 Å². The zero-order chi connectivity index (χ0) is 15.0. The third-order valence-electron chi connectivity index (χ3n) is 4.77. The molecule has 114 valence electrons. The minimum Gasteiger partial charge on any atom is -0.478 e. The number of hydrogen-bond donors (Lipinski definition) is 2. The molecule has 0 radical (unpaired) electrons. The first-order valence-corrected chi connectivity index (χ1v) is 8.21. The molecule has 3 heterocycles. The third-order valence-corrected chi connectivity index (χ3v) is 5.20. The lowest BCUT2D eigenvalue weighted by atomic mass is 9.82. The molecule has 2 saturated heterocycles. The molecule has 2 atom stereocenters. The third kappa shape index (κ3) is 3.06. The van der Waals surface area contributed by atoms with Gasteiger partial charge >= 0.3 is 5.97 Å². The van der Waals surface area contributed by atoms with Gasteiger partial charge in [0.25, 0.3) is 0 Å². The van der Waals surface area contributed by atoms with Crippen LogP contribution in [0.5, 0.6) is 0 Å². The van der Waals surface area contributed by atoms with Crippen molar-refractivity contribution in [3.63, 3.8) is 0 Å². The number of pyridine rings is 1. The van der Waals surface area contributed by atoms with E-state index < -0.39 is 5.97 Å². The van der Waals surface area contributed by atoms with E-state index in [-0.39, 0.29) is 5.56 Å². The number of piperidine rings is 2. The molecular formula is C15H20BrN3O2. The molecule has 0 aliphatic carbocycles. The first-order valence-electron chi connectivity index (χ1n) is 7.42. The summed E-state index contributed by atoms with van der Waals surface area (Å²) in [6.45, 7) is 0. The topological polar surface area (TPSA) is 65.5 Å². The van der Waals surface area contributed by atoms with Gasteiger partial charge in [-0.05, 0) is 54.7 Å². The van der Waals surface area contributed by atoms with E-state index >= 15 is 0 Å². The highest BCUT2D eigenvalue weighted by molar-refractivity contribution is 9.10. The van der Waals surface area contributed by atoms with Crippen molar-refractivity contribution in [2.24, 2.45) is 0 Å². The fraction of sp³-hybridized carbons (Fsp3) is 0.600. The van der Waals surface area contributed by atoms with Crippen LogP contribution >= 0.6 is 15.9 Å². The van der Waals surface area contributed by atoms with Crippen molar-refractivity contribution in [3.05, 3.63) is 22.3 Å². The lowest BCUT2D eigenvalue weighted by Gasteiger charge is -2.47. The van der Waals surface area contributed by atoms with Gasteiger partial charge in [0.05, 0.1) is 0 Å². The number of nitrogens with one attached hydrogen (secondary N) is 1. The SMILES string of the molecule is CN1C2CCCC1CC(Nc1ncc(Br)cc1C(=O)O)C2. The van der Waals surface area contributed by atoms with Crippen LogP contribution in [0.3, 0.4) is 0 Å². The van der Waals surface area contributed by atoms with Crippen LogP contribution in [0.4, 0.5) is 5.82 Å². The molecule has 1 aromatic heterocycles. The summed E-state index contributed by atoms with van der Waals surface area (Å²) in [6.07, 6.45) is 7.55. The largest absolute Gasteiger partial charge is 0.478 e. The van der Waals surface area contributed by atoms with Gasteiger partial charge in [0, 0.05) is 28.8 Å². The van der Waals surface area contributed by atoms with E-state index in [1.54, 1.807) is 12.3 Å². The number of carboxylic acid groups (broad SMARTS) is 1. The molecule has 1 aromatic rings. The minimum absolute atomic E-state index is 0.230. The summed E-state index contributed by atoms with van der Waals surface area (Å²) in [4.78, 5) is 18.1. The van der Waals surface area contributed by atoms with E-state index in [1.807, 2.05) is 0 Å². The lowest BCUT2D eigenvalue weighted by molar-refractivity contribution is 0.0607. The van der Waals surface area contributed by atoms with Gasteiger partial charge in [0.15, 0.2) is 0 Å². The number of aromatic nitrogens is 1. The average molecular weight is 354 g/mol. The van der Waals surface area contributed by atoms with E-state index in [9.17, 15) is 9.90 Å². The molecule has 3 rings (SSSR count). The molecule has 6 heteroatoms. The number of hydrogen-bond acceptors (Lipinski definition) is 4. The normalized spacial score (nSPS) is 29.1. The van der Waals surface area contributed by atoms with Crippen LogP contribution in [0, 0.1) is 0 Å². The van der Waals surface area contributed by atoms with E-state index in [1.165, 1.54) is 19.3 Å². The molecule has 21 heavy (non-hydrogen) atoms. The number of rotatable bonds is 3. The van der Waals surface area contributed by atoms with Gasteiger partial charge in [-0.25, -0.2) is 9.78 Å². The Kier molecular flexibility index (Phi) is 4.17. The van der Waals surface area contributed by atoms with Crippen molar-refractivity contribution in [2.75, 3.05) is 12.4 Å². The molecule has 2 aliphatic rings. The van der Waals surface area contributed by atoms with Crippen LogP contribution in [-0.4, -0.2) is 46.1 Å². The van der Waals surface area contributed by atoms with E-state index in [0.29, 0.717) is 28.4 Å². The fourth-order valence-corrected chi connectivity index (χ4v) is 3.98. The highest BCUT2D eigenvalue weighted by atomic mass is 79.9. The van der Waals surface area contributed by atoms with Gasteiger partial charge in [-0.2, -0.15) is 0 Å². The maximum atomic E-state index is 11.4. The Morgan fingerprint density at radius 3 is 2.71 bits per heavy atom. The monoisotopic (exact) mass is 353 g/mol. The highest BCUT2D eigenvalue weighted by Crippen LogP contribution is 2.34. The second kappa shape index (κ2) is 5.93. The second-order valence-corrected chi connectivity index (χ2v) is 6.99. The minimum atomic E-state index is -0.945. The number of carbonyl (C=O) groups is 1. The van der Waals surface area contributed by atoms with Crippen molar-refractivity contribution < 1.29 is 9.90 Å². The van der Waals surface area contributed by atoms with Crippen LogP contribution in [-0.2, 0) is 0 Å². The summed E-state index contributed by atoms with van der Waals surface area (Å²) in [6, 6.07) is 3.13. The summed E-state index contributed by atoms with van der Waals surface area (Å²) in [7, 11) is 2.21. The van der Waals surface area contributed by atoms with Crippen LogP contribution in [0.2, 0.25) is 0 Å². The van der Waals surface area contributed by atoms with Crippen molar-refractivity contribution in [2.45, 2.75) is 50.2 Å². The molecule has 5 nitrogen and oxygen atoms in total. The quantitative estimate of drug-likeness (QED) is 0.874. The summed E-state index contributed by atoms with van der Waals surface area (Å²) in [5.74, 6) is -0.460. The summed E-state index contributed by atoms with van der Waals surface area (Å²) in [5, 5.41) is 12.7. The van der Waals surface area contributed by atoms with Crippen LogP contribution in [0.1, 0.15) is 42.5 Å². The number of aromatic carboxylic acids is 1. The molecule has 2 aliphatic heterocycles. The van der Waals surface area contributed by atoms with E-state index in [4.69, 9.17) is 0 Å². The van der Waals surface area contributed by atoms with Crippen LogP contribution < -0.4 is 5.32 Å². The Hall–Kier alpha value is -1.14. The predicted octanol–water partition coefficient (Wildman–Crippen LogP) is 2.97. The number of halogens is 1. The summed E-state index contributed by atoms with van der Waals surface area (Å²) in [5.41, 5.74) is 0.230. The standard InChI is InChI=1S/C15H20BrN3O2/c1-19-11-3-2-4-12(19)7-10(6-11)18-14-13(15(20)21)5-9(16)8-17-14/h5,8,10-12H,2-4,6-7H2,1H3,(H,17,18)(H,20,21). The van der Waals surface area contributed by atoms with E-state index in [0.717, 1.165) is 12.8 Å². The zero-order valence-corrected chi connectivity index (χ0v) is 13.6. The average Bonchev–Trinajstić information content (AvgIpc) is 2.41. The van der Waals surface area contributed by atoms with Gasteiger partial charge in [-0.1, -0.05) is 6.42 Å². The molecule has 2 unspecified atom stereocenters. The van der Waals surface area contributed by atoms with Gasteiger partial charge in [-0.3, -0.25) is 0 Å². The van der Waals surface area contributed by atoms with Crippen molar-refractivity contribution >= 4 is 27.7 Å². The Labute approximate surface area is 132 Å². The van der Waals surface area contributed by atoms with Gasteiger partial charge in [0.1, 0.15) is 11.4 Å². The van der Waals surface area contributed by atoms with Gasteiger partial charge in [0.2, 0.25) is 0 Å². The Balaban J connectivity index is 1.77. The maximum absolute atomic E-state index is 11.4. The number of anilines is 1. The molecule has 0 spiro atoms. The smallest absolute Gasteiger partial charge is 0.339 e. The first kappa shape index (κ1) is 14.8. The molecule has 0 saturated carbocycles. The second-order valence-electron chi connectivity index (χ2n) is 6.07. The number of carboxylic acids is 1. The Morgan fingerprint density at radius 1 is 1.43 bits per heavy atom. The molecule has 0 aromatic carbocycles.